The highest BCUT2D eigenvalue weighted by atomic mass is 32.2. The molecule has 0 fully saturated rings. The Morgan fingerprint density at radius 1 is 0.815 bits per heavy atom. The molecule has 3 N–H and O–H groups in total. The minimum atomic E-state index is -4.04. The fourth-order valence-electron chi connectivity index (χ4n) is 2.07. The molecule has 0 atom stereocenters. The fraction of sp³-hybridized carbons (Fsp3) is 0.118. The summed E-state index contributed by atoms with van der Waals surface area (Å²) in [6.07, 6.45) is 0. The highest BCUT2D eigenvalue weighted by Gasteiger charge is 2.21. The summed E-state index contributed by atoms with van der Waals surface area (Å²) in [4.78, 5) is 34.4. The number of nitrogens with one attached hydrogen (secondary N) is 2. The van der Waals surface area contributed by atoms with Crippen LogP contribution in [0, 0.1) is 5.82 Å². The van der Waals surface area contributed by atoms with Crippen molar-refractivity contribution in [3.63, 3.8) is 0 Å². The molecule has 0 saturated heterocycles. The molecule has 0 saturated carbocycles. The van der Waals surface area contributed by atoms with Crippen molar-refractivity contribution in [2.45, 2.75) is 0 Å². The molecular weight excluding hydrogens is 379 g/mol. The van der Waals surface area contributed by atoms with Crippen LogP contribution in [0.15, 0.2) is 48.5 Å². The molecule has 2 rings (SSSR count). The molecule has 27 heavy (non-hydrogen) atoms. The first-order valence-corrected chi connectivity index (χ1v) is 9.36. The summed E-state index contributed by atoms with van der Waals surface area (Å²) in [6.45, 7) is 0. The normalized spacial score (nSPS) is 10.9. The predicted molar refractivity (Wildman–Crippen MR) is 95.7 cm³/mol. The smallest absolute Gasteiger partial charge is 0.335 e. The quantitative estimate of drug-likeness (QED) is 0.653. The lowest BCUT2D eigenvalue weighted by molar-refractivity contribution is -0.114. The van der Waals surface area contributed by atoms with Gasteiger partial charge in [0.2, 0.25) is 11.8 Å². The van der Waals surface area contributed by atoms with E-state index in [9.17, 15) is 27.2 Å². The Kier molecular flexibility index (Phi) is 6.24. The highest BCUT2D eigenvalue weighted by Crippen LogP contribution is 2.11. The monoisotopic (exact) mass is 394 g/mol. The largest absolute Gasteiger partial charge is 0.478 e. The standard InChI is InChI=1S/C17H15FN2O6S/c18-12-3-7-14(8-4-12)20-16(22)10-27(25,26)9-15(21)19-13-5-1-11(2-6-13)17(23)24/h1-8H,9-10H2,(H,19,21)(H,20,22)(H,23,24). The number of sulfone groups is 1. The number of rotatable bonds is 7. The van der Waals surface area contributed by atoms with E-state index < -0.39 is 44.9 Å². The Morgan fingerprint density at radius 2 is 1.22 bits per heavy atom. The number of amides is 2. The summed E-state index contributed by atoms with van der Waals surface area (Å²) >= 11 is 0. The minimum Gasteiger partial charge on any atom is -0.478 e. The number of carbonyl (C=O) groups is 3. The molecular formula is C17H15FN2O6S. The third-order valence-electron chi connectivity index (χ3n) is 3.25. The van der Waals surface area contributed by atoms with E-state index in [0.29, 0.717) is 0 Å². The third-order valence-corrected chi connectivity index (χ3v) is 4.65. The molecule has 0 aliphatic rings. The molecule has 8 nitrogen and oxygen atoms in total. The van der Waals surface area contributed by atoms with Gasteiger partial charge in [0.05, 0.1) is 5.56 Å². The minimum absolute atomic E-state index is 0.0121. The summed E-state index contributed by atoms with van der Waals surface area (Å²) in [5, 5.41) is 13.4. The van der Waals surface area contributed by atoms with Crippen LogP contribution < -0.4 is 10.6 Å². The van der Waals surface area contributed by atoms with Gasteiger partial charge in [-0.3, -0.25) is 9.59 Å². The van der Waals surface area contributed by atoms with Gasteiger partial charge in [0.15, 0.2) is 9.84 Å². The highest BCUT2D eigenvalue weighted by molar-refractivity contribution is 7.92. The van der Waals surface area contributed by atoms with Crippen LogP contribution in [0.2, 0.25) is 0 Å². The Morgan fingerprint density at radius 3 is 1.63 bits per heavy atom. The Labute approximate surface area is 153 Å². The Bertz CT molecular complexity index is 956. The topological polar surface area (TPSA) is 130 Å². The zero-order valence-corrected chi connectivity index (χ0v) is 14.6. The second-order valence-electron chi connectivity index (χ2n) is 5.52. The molecule has 10 heteroatoms. The maximum Gasteiger partial charge on any atom is 0.335 e. The summed E-state index contributed by atoms with van der Waals surface area (Å²) in [5.41, 5.74) is 0.452. The first-order chi connectivity index (χ1) is 12.6. The number of aromatic carboxylic acids is 1. The molecule has 0 aliphatic carbocycles. The van der Waals surface area contributed by atoms with Crippen molar-refractivity contribution in [1.82, 2.24) is 0 Å². The number of carboxylic acids is 1. The SMILES string of the molecule is O=C(CS(=O)(=O)CC(=O)Nc1ccc(C(=O)O)cc1)Nc1ccc(F)cc1. The molecule has 0 unspecified atom stereocenters. The van der Waals surface area contributed by atoms with E-state index in [-0.39, 0.29) is 16.9 Å². The zero-order valence-electron chi connectivity index (χ0n) is 13.8. The van der Waals surface area contributed by atoms with Gasteiger partial charge in [0, 0.05) is 11.4 Å². The summed E-state index contributed by atoms with van der Waals surface area (Å²) in [7, 11) is -4.04. The maximum absolute atomic E-state index is 12.8. The fourth-order valence-corrected chi connectivity index (χ4v) is 3.12. The van der Waals surface area contributed by atoms with E-state index in [4.69, 9.17) is 5.11 Å². The zero-order chi connectivity index (χ0) is 20.0. The van der Waals surface area contributed by atoms with E-state index in [1.54, 1.807) is 0 Å². The van der Waals surface area contributed by atoms with Gasteiger partial charge in [-0.05, 0) is 48.5 Å². The Balaban J connectivity index is 1.90. The van der Waals surface area contributed by atoms with Crippen molar-refractivity contribution in [3.8, 4) is 0 Å². The number of carboxylic acid groups (broad SMARTS) is 1. The molecule has 2 aromatic carbocycles. The molecule has 0 spiro atoms. The van der Waals surface area contributed by atoms with Crippen LogP contribution >= 0.6 is 0 Å². The molecule has 0 aromatic heterocycles. The molecule has 0 radical (unpaired) electrons. The number of hydrogen-bond acceptors (Lipinski definition) is 5. The first-order valence-electron chi connectivity index (χ1n) is 7.54. The number of hydrogen-bond donors (Lipinski definition) is 3. The van der Waals surface area contributed by atoms with E-state index in [1.165, 1.54) is 36.4 Å². The van der Waals surface area contributed by atoms with Crippen LogP contribution in [-0.4, -0.2) is 42.8 Å². The summed E-state index contributed by atoms with van der Waals surface area (Å²) in [6, 6.07) is 9.89. The van der Waals surface area contributed by atoms with Gasteiger partial charge in [-0.2, -0.15) is 0 Å². The lowest BCUT2D eigenvalue weighted by Crippen LogP contribution is -2.30. The lowest BCUT2D eigenvalue weighted by Gasteiger charge is -2.08. The van der Waals surface area contributed by atoms with E-state index in [0.717, 1.165) is 12.1 Å². The van der Waals surface area contributed by atoms with Gasteiger partial charge in [-0.15, -0.1) is 0 Å². The first kappa shape index (κ1) is 20.0. The van der Waals surface area contributed by atoms with E-state index >= 15 is 0 Å². The average Bonchev–Trinajstić information content (AvgIpc) is 2.56. The molecule has 2 amide bonds. The van der Waals surface area contributed by atoms with Crippen molar-refractivity contribution in [1.29, 1.82) is 0 Å². The van der Waals surface area contributed by atoms with Crippen molar-refractivity contribution in [2.24, 2.45) is 0 Å². The molecule has 0 heterocycles. The lowest BCUT2D eigenvalue weighted by atomic mass is 10.2. The molecule has 0 bridgehead atoms. The van der Waals surface area contributed by atoms with Crippen molar-refractivity contribution < 1.29 is 32.3 Å². The molecule has 142 valence electrons. The maximum atomic E-state index is 12.8. The van der Waals surface area contributed by atoms with Crippen LogP contribution in [0.3, 0.4) is 0 Å². The number of carbonyl (C=O) groups excluding carboxylic acids is 2. The van der Waals surface area contributed by atoms with E-state index in [1.807, 2.05) is 0 Å². The van der Waals surface area contributed by atoms with Crippen LogP contribution in [0.5, 0.6) is 0 Å². The Hall–Kier alpha value is -3.27. The number of benzene rings is 2. The average molecular weight is 394 g/mol. The second-order valence-corrected chi connectivity index (χ2v) is 7.58. The van der Waals surface area contributed by atoms with Crippen molar-refractivity contribution in [2.75, 3.05) is 22.1 Å². The molecule has 0 aliphatic heterocycles. The third kappa shape index (κ3) is 6.51. The van der Waals surface area contributed by atoms with Crippen LogP contribution in [0.4, 0.5) is 15.8 Å². The van der Waals surface area contributed by atoms with Crippen molar-refractivity contribution >= 4 is 39.0 Å². The summed E-state index contributed by atoms with van der Waals surface area (Å²) in [5.74, 6) is -5.22. The number of halogens is 1. The second kappa shape index (κ2) is 8.41. The van der Waals surface area contributed by atoms with Crippen LogP contribution in [0.1, 0.15) is 10.4 Å². The summed E-state index contributed by atoms with van der Waals surface area (Å²) < 4.78 is 36.7. The van der Waals surface area contributed by atoms with Crippen molar-refractivity contribution in [3.05, 3.63) is 59.9 Å². The number of anilines is 2. The van der Waals surface area contributed by atoms with Gasteiger partial charge >= 0.3 is 5.97 Å². The van der Waals surface area contributed by atoms with Gasteiger partial charge in [0.1, 0.15) is 17.3 Å². The predicted octanol–water partition coefficient (Wildman–Crippen LogP) is 1.52. The van der Waals surface area contributed by atoms with Gasteiger partial charge in [0.25, 0.3) is 0 Å². The molecule has 2 aromatic rings. The van der Waals surface area contributed by atoms with Gasteiger partial charge < -0.3 is 15.7 Å². The van der Waals surface area contributed by atoms with Gasteiger partial charge in [-0.25, -0.2) is 17.6 Å². The van der Waals surface area contributed by atoms with Crippen LogP contribution in [0.25, 0.3) is 0 Å². The van der Waals surface area contributed by atoms with Gasteiger partial charge in [-0.1, -0.05) is 0 Å². The van der Waals surface area contributed by atoms with E-state index in [2.05, 4.69) is 10.6 Å². The van der Waals surface area contributed by atoms with Crippen LogP contribution in [-0.2, 0) is 19.4 Å².